The van der Waals surface area contributed by atoms with E-state index in [4.69, 9.17) is 4.74 Å². The van der Waals surface area contributed by atoms with Crippen LogP contribution in [-0.2, 0) is 21.2 Å². The summed E-state index contributed by atoms with van der Waals surface area (Å²) in [6.07, 6.45) is 1.47. The fourth-order valence-electron chi connectivity index (χ4n) is 3.39. The van der Waals surface area contributed by atoms with Crippen LogP contribution in [0.4, 0.5) is 10.1 Å². The fourth-order valence-corrected chi connectivity index (χ4v) is 4.81. The van der Waals surface area contributed by atoms with Crippen LogP contribution >= 0.6 is 0 Å². The lowest BCUT2D eigenvalue weighted by molar-refractivity contribution is -0.119. The van der Waals surface area contributed by atoms with E-state index in [9.17, 15) is 17.6 Å². The van der Waals surface area contributed by atoms with Gasteiger partial charge in [-0.3, -0.25) is 9.10 Å². The third-order valence-electron chi connectivity index (χ3n) is 5.21. The quantitative estimate of drug-likeness (QED) is 0.407. The molecule has 0 bridgehead atoms. The average Bonchev–Trinajstić information content (AvgIpc) is 2.82. The summed E-state index contributed by atoms with van der Waals surface area (Å²) in [5.41, 5.74) is 2.44. The molecule has 0 heterocycles. The van der Waals surface area contributed by atoms with Crippen molar-refractivity contribution in [3.63, 3.8) is 0 Å². The summed E-state index contributed by atoms with van der Waals surface area (Å²) >= 11 is 0. The van der Waals surface area contributed by atoms with Gasteiger partial charge in [-0.15, -0.1) is 0 Å². The Morgan fingerprint density at radius 1 is 0.971 bits per heavy atom. The van der Waals surface area contributed by atoms with Gasteiger partial charge in [0.2, 0.25) is 5.91 Å². The largest absolute Gasteiger partial charge is 0.494 e. The highest BCUT2D eigenvalue weighted by atomic mass is 32.2. The highest BCUT2D eigenvalue weighted by Crippen LogP contribution is 2.24. The van der Waals surface area contributed by atoms with Crippen LogP contribution in [0.25, 0.3) is 0 Å². The lowest BCUT2D eigenvalue weighted by Gasteiger charge is -2.24. The van der Waals surface area contributed by atoms with Gasteiger partial charge in [0.25, 0.3) is 10.0 Å². The Morgan fingerprint density at radius 3 is 2.24 bits per heavy atom. The summed E-state index contributed by atoms with van der Waals surface area (Å²) in [6.45, 7) is 4.46. The minimum absolute atomic E-state index is 0.0854. The molecule has 0 saturated heterocycles. The number of hydrogen-bond acceptors (Lipinski definition) is 4. The van der Waals surface area contributed by atoms with Crippen LogP contribution in [0.3, 0.4) is 0 Å². The van der Waals surface area contributed by atoms with Gasteiger partial charge in [0.1, 0.15) is 18.1 Å². The molecule has 8 heteroatoms. The lowest BCUT2D eigenvalue weighted by atomic mass is 10.1. The monoisotopic (exact) mass is 484 g/mol. The number of aryl methyl sites for hydroxylation is 2. The highest BCUT2D eigenvalue weighted by Gasteiger charge is 2.27. The SMILES string of the molecule is CCOc1ccc(CCCNC(=O)CN(c2ccc(C)cc2)S(=O)(=O)c2ccc(F)cc2)cc1. The molecule has 3 rings (SSSR count). The number of anilines is 1. The van der Waals surface area contributed by atoms with Gasteiger partial charge in [0.05, 0.1) is 17.2 Å². The van der Waals surface area contributed by atoms with Gasteiger partial charge in [-0.2, -0.15) is 0 Å². The van der Waals surface area contributed by atoms with E-state index in [1.807, 2.05) is 38.1 Å². The number of amides is 1. The standard InChI is InChI=1S/C26H29FN2O4S/c1-3-33-24-14-8-21(9-15-24)5-4-18-28-26(30)19-29(23-12-6-20(2)7-13-23)34(31,32)25-16-10-22(27)11-17-25/h6-17H,3-5,18-19H2,1-2H3,(H,28,30). The van der Waals surface area contributed by atoms with Crippen LogP contribution in [0.15, 0.2) is 77.7 Å². The first-order chi connectivity index (χ1) is 16.3. The molecular weight excluding hydrogens is 455 g/mol. The van der Waals surface area contributed by atoms with E-state index in [0.29, 0.717) is 25.3 Å². The molecule has 0 fully saturated rings. The number of rotatable bonds is 11. The number of carbonyl (C=O) groups is 1. The first-order valence-electron chi connectivity index (χ1n) is 11.1. The van der Waals surface area contributed by atoms with Gasteiger partial charge in [-0.1, -0.05) is 29.8 Å². The predicted octanol–water partition coefficient (Wildman–Crippen LogP) is 4.48. The second-order valence-electron chi connectivity index (χ2n) is 7.83. The van der Waals surface area contributed by atoms with E-state index in [2.05, 4.69) is 5.32 Å². The first-order valence-corrected chi connectivity index (χ1v) is 12.6. The zero-order valence-electron chi connectivity index (χ0n) is 19.3. The number of nitrogens with zero attached hydrogens (tertiary/aromatic N) is 1. The van der Waals surface area contributed by atoms with Crippen molar-refractivity contribution in [1.29, 1.82) is 0 Å². The second-order valence-corrected chi connectivity index (χ2v) is 9.69. The Labute approximate surface area is 200 Å². The lowest BCUT2D eigenvalue weighted by Crippen LogP contribution is -2.41. The van der Waals surface area contributed by atoms with Crippen LogP contribution in [0, 0.1) is 12.7 Å². The molecule has 0 unspecified atom stereocenters. The summed E-state index contributed by atoms with van der Waals surface area (Å²) in [6, 6.07) is 19.2. The summed E-state index contributed by atoms with van der Waals surface area (Å²) in [5, 5.41) is 2.80. The van der Waals surface area contributed by atoms with Gasteiger partial charge < -0.3 is 10.1 Å². The third kappa shape index (κ3) is 6.81. The van der Waals surface area contributed by atoms with Gasteiger partial charge in [-0.05, 0) is 80.8 Å². The van der Waals surface area contributed by atoms with Gasteiger partial charge in [-0.25, -0.2) is 12.8 Å². The third-order valence-corrected chi connectivity index (χ3v) is 7.00. The Bertz CT molecular complexity index is 1180. The zero-order valence-corrected chi connectivity index (χ0v) is 20.1. The van der Waals surface area contributed by atoms with Crippen LogP contribution in [0.1, 0.15) is 24.5 Å². The number of hydrogen-bond donors (Lipinski definition) is 1. The van der Waals surface area contributed by atoms with Crippen molar-refractivity contribution >= 4 is 21.6 Å². The van der Waals surface area contributed by atoms with Gasteiger partial charge >= 0.3 is 0 Å². The fraction of sp³-hybridized carbons (Fsp3) is 0.269. The molecule has 0 aromatic heterocycles. The molecule has 180 valence electrons. The maximum absolute atomic E-state index is 13.3. The average molecular weight is 485 g/mol. The van der Waals surface area contributed by atoms with Crippen LogP contribution < -0.4 is 14.4 Å². The number of carbonyl (C=O) groups excluding carboxylic acids is 1. The topological polar surface area (TPSA) is 75.7 Å². The van der Waals surface area contributed by atoms with Crippen molar-refractivity contribution in [3.8, 4) is 5.75 Å². The molecule has 0 aliphatic rings. The molecule has 1 amide bonds. The molecule has 3 aromatic rings. The molecule has 0 radical (unpaired) electrons. The Kier molecular flexibility index (Phi) is 8.65. The number of ether oxygens (including phenoxy) is 1. The molecule has 0 atom stereocenters. The molecule has 0 aliphatic heterocycles. The minimum atomic E-state index is -4.07. The maximum Gasteiger partial charge on any atom is 0.264 e. The molecule has 0 aliphatic carbocycles. The van der Waals surface area contributed by atoms with E-state index in [1.165, 1.54) is 12.1 Å². The highest BCUT2D eigenvalue weighted by molar-refractivity contribution is 7.92. The second kappa shape index (κ2) is 11.7. The molecule has 0 spiro atoms. The Morgan fingerprint density at radius 2 is 1.62 bits per heavy atom. The zero-order chi connectivity index (χ0) is 24.6. The van der Waals surface area contributed by atoms with Gasteiger partial charge in [0, 0.05) is 6.54 Å². The molecular formula is C26H29FN2O4S. The number of sulfonamides is 1. The maximum atomic E-state index is 13.3. The van der Waals surface area contributed by atoms with Crippen molar-refractivity contribution in [3.05, 3.63) is 89.7 Å². The van der Waals surface area contributed by atoms with E-state index < -0.39 is 21.7 Å². The molecule has 3 aromatic carbocycles. The first kappa shape index (κ1) is 25.2. The van der Waals surface area contributed by atoms with Gasteiger partial charge in [0.15, 0.2) is 0 Å². The smallest absolute Gasteiger partial charge is 0.264 e. The molecule has 0 saturated carbocycles. The Balaban J connectivity index is 1.64. The van der Waals surface area contributed by atoms with E-state index in [0.717, 1.165) is 39.7 Å². The number of halogens is 1. The summed E-state index contributed by atoms with van der Waals surface area (Å²) in [5.74, 6) is -0.137. The number of benzene rings is 3. The van der Waals surface area contributed by atoms with E-state index in [1.54, 1.807) is 24.3 Å². The van der Waals surface area contributed by atoms with Crippen LogP contribution in [0.5, 0.6) is 5.75 Å². The van der Waals surface area contributed by atoms with Crippen molar-refractivity contribution in [2.24, 2.45) is 0 Å². The molecule has 6 nitrogen and oxygen atoms in total. The minimum Gasteiger partial charge on any atom is -0.494 e. The molecule has 34 heavy (non-hydrogen) atoms. The summed E-state index contributed by atoms with van der Waals surface area (Å²) in [4.78, 5) is 12.6. The van der Waals surface area contributed by atoms with Crippen molar-refractivity contribution < 1.29 is 22.3 Å². The number of nitrogens with one attached hydrogen (secondary N) is 1. The summed E-state index contributed by atoms with van der Waals surface area (Å²) in [7, 11) is -4.07. The summed E-state index contributed by atoms with van der Waals surface area (Å²) < 4.78 is 46.3. The van der Waals surface area contributed by atoms with Crippen molar-refractivity contribution in [2.45, 2.75) is 31.6 Å². The van der Waals surface area contributed by atoms with Crippen molar-refractivity contribution in [1.82, 2.24) is 5.32 Å². The van der Waals surface area contributed by atoms with Crippen LogP contribution in [0.2, 0.25) is 0 Å². The normalized spacial score (nSPS) is 11.1. The van der Waals surface area contributed by atoms with E-state index >= 15 is 0 Å². The predicted molar refractivity (Wildman–Crippen MR) is 131 cm³/mol. The Hall–Kier alpha value is -3.39. The van der Waals surface area contributed by atoms with Crippen molar-refractivity contribution in [2.75, 3.05) is 24.0 Å². The van der Waals surface area contributed by atoms with Crippen LogP contribution in [-0.4, -0.2) is 34.0 Å². The molecule has 1 N–H and O–H groups in total. The van der Waals surface area contributed by atoms with E-state index in [-0.39, 0.29) is 11.4 Å².